The molecule has 8 aromatic rings. The number of ether oxygens (including phenoxy) is 5. The van der Waals surface area contributed by atoms with Crippen molar-refractivity contribution in [1.82, 2.24) is 40.4 Å². The number of fused-ring (bicyclic) bond motifs is 2. The number of carbonyl (C=O) groups excluding carboxylic acids is 2. The molecule has 0 aliphatic carbocycles. The van der Waals surface area contributed by atoms with Crippen LogP contribution in [0.15, 0.2) is 138 Å². The monoisotopic (exact) mass is 1110 g/mol. The molecule has 2 atom stereocenters. The van der Waals surface area contributed by atoms with E-state index < -0.39 is 33.3 Å². The summed E-state index contributed by atoms with van der Waals surface area (Å²) in [6.07, 6.45) is 6.03. The van der Waals surface area contributed by atoms with Crippen molar-refractivity contribution in [2.24, 2.45) is 0 Å². The first-order chi connectivity index (χ1) is 37.6. The smallest absolute Gasteiger partial charge is 0.410 e. The zero-order valence-electron chi connectivity index (χ0n) is 44.5. The molecule has 0 saturated carbocycles. The maximum absolute atomic E-state index is 13.9. The van der Waals surface area contributed by atoms with Crippen molar-refractivity contribution < 1.29 is 41.7 Å². The SMILES string of the molecule is COc1cc2c(cc1OCc1ccccc1)CCN(C(=O)OC(C)(C)C)C2CS(=O)(=O)c1nnnn1-c1ccccc1.COc1cc2c(cc1OCc1ccccc1)CCNC2/C=C/c1scnc1C.Cc1ncsc1C=O. The summed E-state index contributed by atoms with van der Waals surface area (Å²) in [6, 6.07) is 35.8. The maximum Gasteiger partial charge on any atom is 0.410 e. The highest BCUT2D eigenvalue weighted by Crippen LogP contribution is 2.41. The summed E-state index contributed by atoms with van der Waals surface area (Å²) in [5.74, 6) is 2.05. The third-order valence-corrected chi connectivity index (χ3v) is 15.9. The number of methoxy groups -OCH3 is 2. The van der Waals surface area contributed by atoms with Crippen LogP contribution in [-0.2, 0) is 40.6 Å². The molecule has 78 heavy (non-hydrogen) atoms. The average Bonchev–Trinajstić information content (AvgIpc) is 4.27. The number of thiazole rings is 2. The van der Waals surface area contributed by atoms with Crippen LogP contribution < -0.4 is 24.3 Å². The molecule has 406 valence electrons. The summed E-state index contributed by atoms with van der Waals surface area (Å²) in [5, 5.41) is 14.7. The van der Waals surface area contributed by atoms with Gasteiger partial charge in [-0.25, -0.2) is 23.2 Å². The number of nitrogens with zero attached hydrogens (tertiary/aromatic N) is 7. The van der Waals surface area contributed by atoms with Crippen LogP contribution in [0.3, 0.4) is 0 Å². The van der Waals surface area contributed by atoms with E-state index >= 15 is 0 Å². The maximum atomic E-state index is 13.9. The van der Waals surface area contributed by atoms with Crippen LogP contribution in [0.4, 0.5) is 4.79 Å². The number of carbonyl (C=O) groups is 2. The number of benzene rings is 5. The first kappa shape index (κ1) is 56.4. The fraction of sp³-hybridized carbons (Fsp3) is 0.293. The Morgan fingerprint density at radius 1 is 0.744 bits per heavy atom. The van der Waals surface area contributed by atoms with Crippen molar-refractivity contribution in [2.75, 3.05) is 33.1 Å². The zero-order chi connectivity index (χ0) is 55.2. The molecule has 17 nitrogen and oxygen atoms in total. The van der Waals surface area contributed by atoms with Gasteiger partial charge in [-0.15, -0.1) is 22.7 Å². The topological polar surface area (TPSA) is 199 Å². The lowest BCUT2D eigenvalue weighted by Crippen LogP contribution is -2.45. The van der Waals surface area contributed by atoms with Crippen molar-refractivity contribution in [3.05, 3.63) is 187 Å². The van der Waals surface area contributed by atoms with Gasteiger partial charge in [0.05, 0.1) is 65.0 Å². The quantitative estimate of drug-likeness (QED) is 0.0950. The summed E-state index contributed by atoms with van der Waals surface area (Å²) in [4.78, 5) is 35.0. The highest BCUT2D eigenvalue weighted by Gasteiger charge is 2.39. The number of hydrogen-bond acceptors (Lipinski definition) is 17. The molecular formula is C58H62N8O9S3. The summed E-state index contributed by atoms with van der Waals surface area (Å²) in [7, 11) is -0.906. The Morgan fingerprint density at radius 3 is 1.82 bits per heavy atom. The lowest BCUT2D eigenvalue weighted by Gasteiger charge is -2.38. The second-order valence-electron chi connectivity index (χ2n) is 19.1. The molecule has 1 amide bonds. The van der Waals surface area contributed by atoms with Gasteiger partial charge in [-0.2, -0.15) is 4.68 Å². The Labute approximate surface area is 462 Å². The minimum Gasteiger partial charge on any atom is -0.493 e. The third kappa shape index (κ3) is 14.4. The van der Waals surface area contributed by atoms with Crippen LogP contribution in [0, 0.1) is 13.8 Å². The Morgan fingerprint density at radius 2 is 1.29 bits per heavy atom. The molecule has 0 fully saturated rings. The molecule has 0 saturated heterocycles. The van der Waals surface area contributed by atoms with Crippen molar-refractivity contribution in [3.8, 4) is 28.7 Å². The number of hydrogen-bond donors (Lipinski definition) is 1. The van der Waals surface area contributed by atoms with E-state index in [0.29, 0.717) is 42.4 Å². The van der Waals surface area contributed by atoms with E-state index in [2.05, 4.69) is 67.2 Å². The molecule has 2 aliphatic heterocycles. The number of para-hydroxylation sites is 1. The van der Waals surface area contributed by atoms with Crippen LogP contribution in [0.5, 0.6) is 23.0 Å². The highest BCUT2D eigenvalue weighted by molar-refractivity contribution is 7.91. The van der Waals surface area contributed by atoms with E-state index in [0.717, 1.165) is 63.7 Å². The summed E-state index contributed by atoms with van der Waals surface area (Å²) in [6.45, 7) is 11.2. The van der Waals surface area contributed by atoms with E-state index in [1.54, 1.807) is 75.1 Å². The Hall–Kier alpha value is -7.78. The first-order valence-corrected chi connectivity index (χ1v) is 28.5. The van der Waals surface area contributed by atoms with Crippen LogP contribution in [0.1, 0.15) is 92.2 Å². The molecule has 10 rings (SSSR count). The van der Waals surface area contributed by atoms with Gasteiger partial charge in [-0.05, 0) is 134 Å². The second-order valence-corrected chi connectivity index (χ2v) is 22.8. The van der Waals surface area contributed by atoms with Gasteiger partial charge in [-0.1, -0.05) is 90.0 Å². The van der Waals surface area contributed by atoms with Crippen molar-refractivity contribution >= 4 is 51.0 Å². The highest BCUT2D eigenvalue weighted by atomic mass is 32.2. The minimum absolute atomic E-state index is 0.155. The number of tetrazole rings is 1. The first-order valence-electron chi connectivity index (χ1n) is 25.1. The zero-order valence-corrected chi connectivity index (χ0v) is 46.9. The Bertz CT molecular complexity index is 3420. The van der Waals surface area contributed by atoms with Gasteiger partial charge in [0.25, 0.3) is 5.16 Å². The molecule has 0 bridgehead atoms. The molecule has 3 aromatic heterocycles. The van der Waals surface area contributed by atoms with Gasteiger partial charge < -0.3 is 29.0 Å². The number of aldehydes is 1. The Balaban J connectivity index is 0.000000190. The van der Waals surface area contributed by atoms with Crippen LogP contribution in [0.25, 0.3) is 11.8 Å². The lowest BCUT2D eigenvalue weighted by atomic mass is 9.93. The van der Waals surface area contributed by atoms with Crippen LogP contribution >= 0.6 is 22.7 Å². The summed E-state index contributed by atoms with van der Waals surface area (Å²) < 4.78 is 58.1. The molecule has 1 N–H and O–H groups in total. The second kappa shape index (κ2) is 26.0. The van der Waals surface area contributed by atoms with E-state index in [4.69, 9.17) is 23.7 Å². The third-order valence-electron chi connectivity index (χ3n) is 12.6. The molecule has 2 aliphatic rings. The fourth-order valence-corrected chi connectivity index (χ4v) is 11.5. The molecular weight excluding hydrogens is 1050 g/mol. The standard InChI is InChI=1S/C30H33N5O6S.C23H24N2O2S.C5H5NOS/c1-30(2,3)41-29(36)34-16-15-22-17-27(40-19-21-11-7-5-8-12-21)26(39-4)18-24(22)25(34)20-42(37,38)28-31-32-33-35(28)23-13-9-6-10-14-23;1-16-23(28-15-25-16)9-8-20-19-13-21(26-2)22(12-18(19)10-11-24-20)27-14-17-6-4-3-5-7-17;1-4-5(2-7)8-3-6-4/h5-14,17-18,25H,15-16,19-20H2,1-4H3;3-9,12-13,15,20,24H,10-11,14H2,1-2H3;2-3H,1H3/b;9-8+;. The van der Waals surface area contributed by atoms with Crippen LogP contribution in [0.2, 0.25) is 0 Å². The number of aromatic nitrogens is 6. The van der Waals surface area contributed by atoms with Gasteiger partial charge in [0.15, 0.2) is 29.3 Å². The van der Waals surface area contributed by atoms with Gasteiger partial charge >= 0.3 is 6.09 Å². The Kier molecular flexibility index (Phi) is 18.8. The lowest BCUT2D eigenvalue weighted by molar-refractivity contribution is 0.0162. The molecule has 5 aromatic carbocycles. The van der Waals surface area contributed by atoms with E-state index in [-0.39, 0.29) is 17.7 Å². The van der Waals surface area contributed by atoms with Gasteiger partial charge in [0.1, 0.15) is 18.8 Å². The largest absolute Gasteiger partial charge is 0.493 e. The molecule has 2 unspecified atom stereocenters. The predicted octanol–water partition coefficient (Wildman–Crippen LogP) is 10.8. The van der Waals surface area contributed by atoms with Gasteiger partial charge in [-0.3, -0.25) is 9.69 Å². The van der Waals surface area contributed by atoms with Crippen molar-refractivity contribution in [3.63, 3.8) is 0 Å². The van der Waals surface area contributed by atoms with E-state index in [9.17, 15) is 18.0 Å². The van der Waals surface area contributed by atoms with E-state index in [1.165, 1.54) is 44.0 Å². The van der Waals surface area contributed by atoms with Crippen LogP contribution in [-0.4, -0.2) is 94.5 Å². The molecule has 5 heterocycles. The number of sulfone groups is 1. The number of nitrogens with one attached hydrogen (secondary N) is 1. The van der Waals surface area contributed by atoms with Crippen molar-refractivity contribution in [1.29, 1.82) is 0 Å². The predicted molar refractivity (Wildman–Crippen MR) is 301 cm³/mol. The fourth-order valence-electron chi connectivity index (χ4n) is 8.68. The summed E-state index contributed by atoms with van der Waals surface area (Å²) in [5.41, 5.74) is 11.3. The molecule has 20 heteroatoms. The van der Waals surface area contributed by atoms with E-state index in [1.807, 2.05) is 80.0 Å². The van der Waals surface area contributed by atoms with Crippen molar-refractivity contribution in [2.45, 2.75) is 83.5 Å². The van der Waals surface area contributed by atoms with Gasteiger partial charge in [0.2, 0.25) is 9.84 Å². The van der Waals surface area contributed by atoms with Gasteiger partial charge in [0, 0.05) is 18.0 Å². The number of aryl methyl sites for hydroxylation is 2. The molecule has 0 spiro atoms. The molecule has 0 radical (unpaired) electrons. The minimum atomic E-state index is -4.12. The average molecular weight is 1110 g/mol. The number of amides is 1. The summed E-state index contributed by atoms with van der Waals surface area (Å²) >= 11 is 3.03. The normalized spacial score (nSPS) is 14.9. The number of rotatable bonds is 15.